The van der Waals surface area contributed by atoms with Crippen molar-refractivity contribution >= 4 is 17.5 Å². The quantitative estimate of drug-likeness (QED) is 0.858. The standard InChI is InChI=1S/C21H32N4O2/c1-17-6-5-8-19(14-17)22-20(26)15-23-10-12-24(13-11-23)16-21(27)25-9-4-3-7-18(25)2/h5-6,8,14,18H,3-4,7,9-13,15-16H2,1-2H3,(H,22,26)/t18-/m1/s1. The van der Waals surface area contributed by atoms with Crippen molar-refractivity contribution in [2.24, 2.45) is 0 Å². The van der Waals surface area contributed by atoms with Gasteiger partial charge in [0.25, 0.3) is 0 Å². The summed E-state index contributed by atoms with van der Waals surface area (Å²) in [6.45, 7) is 9.31. The molecule has 0 radical (unpaired) electrons. The van der Waals surface area contributed by atoms with Crippen molar-refractivity contribution < 1.29 is 9.59 Å². The van der Waals surface area contributed by atoms with Gasteiger partial charge in [-0.05, 0) is 50.8 Å². The Morgan fingerprint density at radius 3 is 2.41 bits per heavy atom. The number of anilines is 1. The maximum Gasteiger partial charge on any atom is 0.238 e. The van der Waals surface area contributed by atoms with Crippen LogP contribution in [0.2, 0.25) is 0 Å². The summed E-state index contributed by atoms with van der Waals surface area (Å²) in [5.41, 5.74) is 1.98. The van der Waals surface area contributed by atoms with Gasteiger partial charge in [-0.1, -0.05) is 12.1 Å². The molecule has 1 aromatic carbocycles. The van der Waals surface area contributed by atoms with Crippen LogP contribution in [0.5, 0.6) is 0 Å². The van der Waals surface area contributed by atoms with E-state index in [4.69, 9.17) is 0 Å². The molecule has 0 bridgehead atoms. The third-order valence-electron chi connectivity index (χ3n) is 5.62. The molecular weight excluding hydrogens is 340 g/mol. The predicted octanol–water partition coefficient (Wildman–Crippen LogP) is 1.95. The number of aryl methyl sites for hydroxylation is 1. The number of piperidine rings is 1. The summed E-state index contributed by atoms with van der Waals surface area (Å²) in [4.78, 5) is 31.3. The van der Waals surface area contributed by atoms with Gasteiger partial charge in [0.1, 0.15) is 0 Å². The average Bonchev–Trinajstić information content (AvgIpc) is 2.63. The summed E-state index contributed by atoms with van der Waals surface area (Å²) in [7, 11) is 0. The van der Waals surface area contributed by atoms with Gasteiger partial charge in [0.15, 0.2) is 0 Å². The van der Waals surface area contributed by atoms with E-state index in [1.165, 1.54) is 6.42 Å². The number of hydrogen-bond donors (Lipinski definition) is 1. The molecule has 6 nitrogen and oxygen atoms in total. The molecule has 0 aliphatic carbocycles. The van der Waals surface area contributed by atoms with Crippen molar-refractivity contribution in [3.05, 3.63) is 29.8 Å². The minimum atomic E-state index is 0.0206. The molecule has 6 heteroatoms. The van der Waals surface area contributed by atoms with Crippen LogP contribution >= 0.6 is 0 Å². The van der Waals surface area contributed by atoms with Crippen molar-refractivity contribution in [2.45, 2.75) is 39.2 Å². The number of amides is 2. The predicted molar refractivity (Wildman–Crippen MR) is 108 cm³/mol. The zero-order valence-electron chi connectivity index (χ0n) is 16.6. The van der Waals surface area contributed by atoms with Crippen LogP contribution in [-0.4, -0.2) is 78.4 Å². The van der Waals surface area contributed by atoms with Crippen LogP contribution in [0, 0.1) is 6.92 Å². The Morgan fingerprint density at radius 2 is 1.74 bits per heavy atom. The Morgan fingerprint density at radius 1 is 1.04 bits per heavy atom. The highest BCUT2D eigenvalue weighted by Gasteiger charge is 2.26. The van der Waals surface area contributed by atoms with Crippen LogP contribution in [0.15, 0.2) is 24.3 Å². The van der Waals surface area contributed by atoms with Gasteiger partial charge in [-0.3, -0.25) is 19.4 Å². The third-order valence-corrected chi connectivity index (χ3v) is 5.62. The molecule has 2 fully saturated rings. The monoisotopic (exact) mass is 372 g/mol. The number of carbonyl (C=O) groups excluding carboxylic acids is 2. The maximum absolute atomic E-state index is 12.6. The molecule has 0 spiro atoms. The van der Waals surface area contributed by atoms with E-state index in [0.29, 0.717) is 19.1 Å². The molecule has 1 aromatic rings. The number of rotatable bonds is 5. The summed E-state index contributed by atoms with van der Waals surface area (Å²) >= 11 is 0. The molecule has 2 heterocycles. The van der Waals surface area contributed by atoms with Gasteiger partial charge in [0, 0.05) is 44.5 Å². The number of nitrogens with one attached hydrogen (secondary N) is 1. The number of likely N-dealkylation sites (tertiary alicyclic amines) is 1. The zero-order valence-corrected chi connectivity index (χ0v) is 16.6. The molecule has 27 heavy (non-hydrogen) atoms. The molecule has 0 saturated carbocycles. The van der Waals surface area contributed by atoms with Gasteiger partial charge in [-0.15, -0.1) is 0 Å². The summed E-state index contributed by atoms with van der Waals surface area (Å²) < 4.78 is 0. The van der Waals surface area contributed by atoms with Crippen LogP contribution in [0.1, 0.15) is 31.7 Å². The molecule has 2 amide bonds. The maximum atomic E-state index is 12.6. The number of hydrogen-bond acceptors (Lipinski definition) is 4. The second-order valence-electron chi connectivity index (χ2n) is 7.90. The smallest absolute Gasteiger partial charge is 0.238 e. The minimum Gasteiger partial charge on any atom is -0.339 e. The third kappa shape index (κ3) is 5.78. The Kier molecular flexibility index (Phi) is 6.85. The molecule has 3 rings (SSSR count). The fraction of sp³-hybridized carbons (Fsp3) is 0.619. The van der Waals surface area contributed by atoms with Gasteiger partial charge >= 0.3 is 0 Å². The van der Waals surface area contributed by atoms with Crippen molar-refractivity contribution in [3.8, 4) is 0 Å². The molecule has 0 aromatic heterocycles. The van der Waals surface area contributed by atoms with Crippen LogP contribution in [0.4, 0.5) is 5.69 Å². The Hall–Kier alpha value is -1.92. The largest absolute Gasteiger partial charge is 0.339 e. The second-order valence-corrected chi connectivity index (χ2v) is 7.90. The summed E-state index contributed by atoms with van der Waals surface area (Å²) in [5, 5.41) is 2.97. The minimum absolute atomic E-state index is 0.0206. The first-order chi connectivity index (χ1) is 13.0. The normalized spacial score (nSPS) is 21.9. The molecule has 1 N–H and O–H groups in total. The van der Waals surface area contributed by atoms with Crippen LogP contribution in [0.3, 0.4) is 0 Å². The van der Waals surface area contributed by atoms with Gasteiger partial charge in [-0.2, -0.15) is 0 Å². The number of carbonyl (C=O) groups is 2. The van der Waals surface area contributed by atoms with Gasteiger partial charge < -0.3 is 10.2 Å². The Balaban J connectivity index is 1.39. The Labute approximate surface area is 162 Å². The van der Waals surface area contributed by atoms with Crippen molar-refractivity contribution in [1.82, 2.24) is 14.7 Å². The Bertz CT molecular complexity index is 655. The SMILES string of the molecule is Cc1cccc(NC(=O)CN2CCN(CC(=O)N3CCCC[C@H]3C)CC2)c1. The zero-order chi connectivity index (χ0) is 19.2. The van der Waals surface area contributed by atoms with Crippen LogP contribution < -0.4 is 5.32 Å². The van der Waals surface area contributed by atoms with E-state index >= 15 is 0 Å². The summed E-state index contributed by atoms with van der Waals surface area (Å²) in [6, 6.07) is 8.22. The van der Waals surface area contributed by atoms with Crippen LogP contribution in [0.25, 0.3) is 0 Å². The highest BCUT2D eigenvalue weighted by atomic mass is 16.2. The topological polar surface area (TPSA) is 55.9 Å². The summed E-state index contributed by atoms with van der Waals surface area (Å²) in [5.74, 6) is 0.278. The van der Waals surface area contributed by atoms with Crippen LogP contribution in [-0.2, 0) is 9.59 Å². The lowest BCUT2D eigenvalue weighted by molar-refractivity contribution is -0.136. The number of piperazine rings is 1. The molecule has 2 saturated heterocycles. The molecule has 2 aliphatic rings. The van der Waals surface area contributed by atoms with Crippen molar-refractivity contribution in [3.63, 3.8) is 0 Å². The fourth-order valence-corrected chi connectivity index (χ4v) is 3.98. The van der Waals surface area contributed by atoms with Gasteiger partial charge in [0.05, 0.1) is 13.1 Å². The molecule has 148 valence electrons. The highest BCUT2D eigenvalue weighted by Crippen LogP contribution is 2.17. The molecular formula is C21H32N4O2. The van der Waals surface area contributed by atoms with Gasteiger partial charge in [0.2, 0.25) is 11.8 Å². The van der Waals surface area contributed by atoms with Gasteiger partial charge in [-0.25, -0.2) is 0 Å². The molecule has 0 unspecified atom stereocenters. The lowest BCUT2D eigenvalue weighted by atomic mass is 10.0. The number of nitrogens with zero attached hydrogens (tertiary/aromatic N) is 3. The second kappa shape index (κ2) is 9.33. The van der Waals surface area contributed by atoms with Crippen molar-refractivity contribution in [2.75, 3.05) is 51.1 Å². The fourth-order valence-electron chi connectivity index (χ4n) is 3.98. The average molecular weight is 373 g/mol. The first kappa shape index (κ1) is 19.8. The molecule has 1 atom stereocenters. The van der Waals surface area contributed by atoms with E-state index in [9.17, 15) is 9.59 Å². The van der Waals surface area contributed by atoms with E-state index in [2.05, 4.69) is 22.0 Å². The van der Waals surface area contributed by atoms with E-state index < -0.39 is 0 Å². The lowest BCUT2D eigenvalue weighted by Crippen LogP contribution is -2.53. The van der Waals surface area contributed by atoms with E-state index in [0.717, 1.165) is 56.8 Å². The van der Waals surface area contributed by atoms with E-state index in [1.54, 1.807) is 0 Å². The first-order valence-electron chi connectivity index (χ1n) is 10.1. The van der Waals surface area contributed by atoms with Crippen molar-refractivity contribution in [1.29, 1.82) is 0 Å². The first-order valence-corrected chi connectivity index (χ1v) is 10.1. The van der Waals surface area contributed by atoms with E-state index in [-0.39, 0.29) is 11.8 Å². The van der Waals surface area contributed by atoms with E-state index in [1.807, 2.05) is 36.1 Å². The summed E-state index contributed by atoms with van der Waals surface area (Å²) in [6.07, 6.45) is 3.48. The number of benzene rings is 1. The molecule has 2 aliphatic heterocycles. The lowest BCUT2D eigenvalue weighted by Gasteiger charge is -2.37. The highest BCUT2D eigenvalue weighted by molar-refractivity contribution is 5.92.